The van der Waals surface area contributed by atoms with Crippen LogP contribution in [0, 0.1) is 5.82 Å². The summed E-state index contributed by atoms with van der Waals surface area (Å²) in [7, 11) is -2.47. The van der Waals surface area contributed by atoms with Crippen LogP contribution in [0.2, 0.25) is 4.34 Å². The Kier molecular flexibility index (Phi) is 5.17. The molecule has 5 nitrogen and oxygen atoms in total. The predicted molar refractivity (Wildman–Crippen MR) is 84.2 cm³/mol. The molecule has 118 valence electrons. The number of carbonyl (C=O) groups excluding carboxylic acids is 1. The van der Waals surface area contributed by atoms with Crippen molar-refractivity contribution >= 4 is 44.6 Å². The second kappa shape index (κ2) is 6.74. The van der Waals surface area contributed by atoms with Crippen molar-refractivity contribution in [2.45, 2.75) is 4.21 Å². The van der Waals surface area contributed by atoms with E-state index in [0.29, 0.717) is 10.0 Å². The maximum Gasteiger partial charge on any atom is 0.252 e. The van der Waals surface area contributed by atoms with E-state index in [1.165, 1.54) is 43.4 Å². The first-order chi connectivity index (χ1) is 10.3. The van der Waals surface area contributed by atoms with Gasteiger partial charge in [-0.05, 0) is 36.4 Å². The molecule has 22 heavy (non-hydrogen) atoms. The molecular weight excluding hydrogens is 351 g/mol. The van der Waals surface area contributed by atoms with Gasteiger partial charge in [0.25, 0.3) is 10.0 Å². The van der Waals surface area contributed by atoms with E-state index >= 15 is 0 Å². The molecule has 0 atom stereocenters. The molecule has 0 aliphatic heterocycles. The Bertz CT molecular complexity index is 775. The minimum Gasteiger partial charge on any atom is -0.325 e. The van der Waals surface area contributed by atoms with E-state index in [0.717, 1.165) is 15.6 Å². The van der Waals surface area contributed by atoms with E-state index < -0.39 is 21.7 Å². The molecule has 0 aliphatic rings. The number of anilines is 1. The van der Waals surface area contributed by atoms with Gasteiger partial charge in [0.05, 0.1) is 10.9 Å². The van der Waals surface area contributed by atoms with Gasteiger partial charge in [0, 0.05) is 12.7 Å². The van der Waals surface area contributed by atoms with Crippen LogP contribution in [-0.4, -0.2) is 32.2 Å². The maximum absolute atomic E-state index is 12.8. The Morgan fingerprint density at radius 2 is 1.91 bits per heavy atom. The third-order valence-electron chi connectivity index (χ3n) is 2.71. The highest BCUT2D eigenvalue weighted by Gasteiger charge is 2.24. The van der Waals surface area contributed by atoms with Crippen molar-refractivity contribution in [1.82, 2.24) is 4.31 Å². The van der Waals surface area contributed by atoms with Crippen LogP contribution >= 0.6 is 22.9 Å². The molecule has 0 unspecified atom stereocenters. The van der Waals surface area contributed by atoms with Crippen LogP contribution in [0.5, 0.6) is 0 Å². The third kappa shape index (κ3) is 4.04. The van der Waals surface area contributed by atoms with E-state index in [4.69, 9.17) is 11.6 Å². The van der Waals surface area contributed by atoms with Gasteiger partial charge in [-0.1, -0.05) is 11.6 Å². The number of likely N-dealkylation sites (N-methyl/N-ethyl adjacent to an activating group) is 1. The van der Waals surface area contributed by atoms with Crippen molar-refractivity contribution in [2.75, 3.05) is 18.9 Å². The minimum atomic E-state index is -3.77. The van der Waals surface area contributed by atoms with Crippen molar-refractivity contribution in [3.8, 4) is 0 Å². The maximum atomic E-state index is 12.8. The first-order valence-electron chi connectivity index (χ1n) is 6.06. The van der Waals surface area contributed by atoms with E-state index in [1.54, 1.807) is 0 Å². The number of nitrogens with zero attached hydrogens (tertiary/aromatic N) is 1. The lowest BCUT2D eigenvalue weighted by atomic mass is 10.3. The Balaban J connectivity index is 2.03. The third-order valence-corrected chi connectivity index (χ3v) is 6.21. The molecule has 2 aromatic rings. The van der Waals surface area contributed by atoms with E-state index in [9.17, 15) is 17.6 Å². The fourth-order valence-electron chi connectivity index (χ4n) is 1.61. The quantitative estimate of drug-likeness (QED) is 0.889. The van der Waals surface area contributed by atoms with E-state index in [1.807, 2.05) is 0 Å². The number of amides is 1. The molecule has 0 spiro atoms. The molecule has 2 rings (SSSR count). The Hall–Kier alpha value is -1.48. The number of halogens is 2. The molecule has 0 radical (unpaired) electrons. The molecule has 1 aromatic carbocycles. The van der Waals surface area contributed by atoms with Gasteiger partial charge in [-0.25, -0.2) is 12.8 Å². The molecule has 1 heterocycles. The predicted octanol–water partition coefficient (Wildman–Crippen LogP) is 2.80. The Labute approximate surface area is 136 Å². The van der Waals surface area contributed by atoms with Crippen LogP contribution in [0.25, 0.3) is 0 Å². The molecule has 9 heteroatoms. The summed E-state index contributed by atoms with van der Waals surface area (Å²) in [5.74, 6) is -0.951. The van der Waals surface area contributed by atoms with Crippen LogP contribution in [0.3, 0.4) is 0 Å². The summed E-state index contributed by atoms with van der Waals surface area (Å²) in [6.07, 6.45) is 0. The van der Waals surface area contributed by atoms with Crippen LogP contribution in [0.1, 0.15) is 0 Å². The van der Waals surface area contributed by atoms with Crippen molar-refractivity contribution < 1.29 is 17.6 Å². The smallest absolute Gasteiger partial charge is 0.252 e. The summed E-state index contributed by atoms with van der Waals surface area (Å²) in [6, 6.07) is 8.04. The highest BCUT2D eigenvalue weighted by atomic mass is 35.5. The molecule has 0 saturated carbocycles. The second-order valence-electron chi connectivity index (χ2n) is 4.37. The van der Waals surface area contributed by atoms with Crippen LogP contribution in [-0.2, 0) is 14.8 Å². The number of thiophene rings is 1. The van der Waals surface area contributed by atoms with Crippen molar-refractivity contribution in [3.63, 3.8) is 0 Å². The molecule has 0 saturated heterocycles. The Morgan fingerprint density at radius 3 is 2.45 bits per heavy atom. The van der Waals surface area contributed by atoms with Gasteiger partial charge in [-0.15, -0.1) is 11.3 Å². The Morgan fingerprint density at radius 1 is 1.27 bits per heavy atom. The fraction of sp³-hybridized carbons (Fsp3) is 0.154. The number of nitrogens with one attached hydrogen (secondary N) is 1. The van der Waals surface area contributed by atoms with Gasteiger partial charge in [-0.2, -0.15) is 4.31 Å². The van der Waals surface area contributed by atoms with Gasteiger partial charge >= 0.3 is 0 Å². The zero-order valence-electron chi connectivity index (χ0n) is 11.4. The lowest BCUT2D eigenvalue weighted by Crippen LogP contribution is -2.34. The average Bonchev–Trinajstić information content (AvgIpc) is 2.88. The number of sulfonamides is 1. The van der Waals surface area contributed by atoms with Crippen molar-refractivity contribution in [3.05, 3.63) is 46.6 Å². The number of hydrogen-bond acceptors (Lipinski definition) is 4. The second-order valence-corrected chi connectivity index (χ2v) is 8.36. The van der Waals surface area contributed by atoms with Crippen molar-refractivity contribution in [1.29, 1.82) is 0 Å². The summed E-state index contributed by atoms with van der Waals surface area (Å²) in [5.41, 5.74) is 0.386. The SMILES string of the molecule is CN(CC(=O)Nc1ccc(F)cc1)S(=O)(=O)c1ccc(Cl)s1. The highest BCUT2D eigenvalue weighted by Crippen LogP contribution is 2.27. The number of carbonyl (C=O) groups is 1. The van der Waals surface area contributed by atoms with Crippen LogP contribution in [0.15, 0.2) is 40.6 Å². The zero-order chi connectivity index (χ0) is 16.3. The van der Waals surface area contributed by atoms with Gasteiger partial charge in [0.2, 0.25) is 5.91 Å². The largest absolute Gasteiger partial charge is 0.325 e. The average molecular weight is 363 g/mol. The van der Waals surface area contributed by atoms with Crippen LogP contribution < -0.4 is 5.32 Å². The lowest BCUT2D eigenvalue weighted by molar-refractivity contribution is -0.116. The first-order valence-corrected chi connectivity index (χ1v) is 8.69. The van der Waals surface area contributed by atoms with E-state index in [-0.39, 0.29) is 10.8 Å². The summed E-state index contributed by atoms with van der Waals surface area (Å²) < 4.78 is 38.6. The topological polar surface area (TPSA) is 66.5 Å². The standard InChI is InChI=1S/C13H12ClFN2O3S2/c1-17(22(19,20)13-7-6-11(14)21-13)8-12(18)16-10-4-2-9(15)3-5-10/h2-7H,8H2,1H3,(H,16,18). The summed E-state index contributed by atoms with van der Waals surface area (Å²) in [5, 5.41) is 2.49. The molecule has 1 aromatic heterocycles. The minimum absolute atomic E-state index is 0.0644. The molecule has 0 aliphatic carbocycles. The number of hydrogen-bond donors (Lipinski definition) is 1. The number of benzene rings is 1. The van der Waals surface area contributed by atoms with E-state index in [2.05, 4.69) is 5.32 Å². The van der Waals surface area contributed by atoms with Crippen LogP contribution in [0.4, 0.5) is 10.1 Å². The molecule has 0 bridgehead atoms. The summed E-state index contributed by atoms with van der Waals surface area (Å²) in [6.45, 7) is -0.366. The number of rotatable bonds is 5. The molecule has 0 fully saturated rings. The van der Waals surface area contributed by atoms with Crippen molar-refractivity contribution in [2.24, 2.45) is 0 Å². The van der Waals surface area contributed by atoms with Gasteiger partial charge in [-0.3, -0.25) is 4.79 Å². The van der Waals surface area contributed by atoms with Gasteiger partial charge < -0.3 is 5.32 Å². The fourth-order valence-corrected chi connectivity index (χ4v) is 4.43. The summed E-state index contributed by atoms with van der Waals surface area (Å²) in [4.78, 5) is 11.9. The first kappa shape index (κ1) is 16.9. The highest BCUT2D eigenvalue weighted by molar-refractivity contribution is 7.91. The van der Waals surface area contributed by atoms with Gasteiger partial charge in [0.15, 0.2) is 0 Å². The normalized spacial score (nSPS) is 11.6. The molecule has 1 amide bonds. The van der Waals surface area contributed by atoms with Gasteiger partial charge in [0.1, 0.15) is 10.0 Å². The monoisotopic (exact) mass is 362 g/mol. The summed E-state index contributed by atoms with van der Waals surface area (Å²) >= 11 is 6.64. The molecule has 1 N–H and O–H groups in total. The molecular formula is C13H12ClFN2O3S2. The lowest BCUT2D eigenvalue weighted by Gasteiger charge is -2.15. The zero-order valence-corrected chi connectivity index (χ0v) is 13.8.